The fraction of sp³-hybridized carbons (Fsp3) is 0.0625. The van der Waals surface area contributed by atoms with Crippen molar-refractivity contribution in [2.45, 2.75) is 0 Å². The first-order chi connectivity index (χ1) is 20.6. The number of ether oxygens (including phenoxy) is 1. The van der Waals surface area contributed by atoms with E-state index in [0.29, 0.717) is 25.6 Å². The lowest BCUT2D eigenvalue weighted by Gasteiger charge is -2.13. The van der Waals surface area contributed by atoms with Crippen molar-refractivity contribution >= 4 is 67.6 Å². The molecule has 11 heteroatoms. The SMILES string of the molecule is CN(C)c1ccc(/C=C(\NC(=O)c2ccccc2)C(=O)N/N=C\c2cc(Br)cc(Br)c2OC(=O)c2cccc(F)c2)cc1. The number of carbonyl (C=O) groups is 3. The van der Waals surface area contributed by atoms with E-state index in [1.165, 1.54) is 30.5 Å². The molecule has 0 fully saturated rings. The standard InChI is InChI=1S/C32H25Br2FN4O4/c1-39(2)26-13-11-20(12-14-26)15-28(37-30(40)21-7-4-3-5-8-21)31(41)38-36-19-23-16-24(33)18-27(34)29(23)43-32(42)22-9-6-10-25(35)17-22/h3-19H,1-2H3,(H,37,40)(H,38,41)/b28-15-,36-19-. The molecule has 0 saturated carbocycles. The van der Waals surface area contributed by atoms with Crippen molar-refractivity contribution in [3.63, 3.8) is 0 Å². The van der Waals surface area contributed by atoms with E-state index in [4.69, 9.17) is 4.74 Å². The third-order valence-electron chi connectivity index (χ3n) is 5.91. The molecule has 0 saturated heterocycles. The first-order valence-corrected chi connectivity index (χ1v) is 14.3. The molecule has 0 unspecified atom stereocenters. The van der Waals surface area contributed by atoms with Gasteiger partial charge in [0.15, 0.2) is 5.75 Å². The van der Waals surface area contributed by atoms with E-state index >= 15 is 0 Å². The van der Waals surface area contributed by atoms with Crippen LogP contribution < -0.4 is 20.4 Å². The molecule has 2 amide bonds. The van der Waals surface area contributed by atoms with Crippen LogP contribution >= 0.6 is 31.9 Å². The maximum atomic E-state index is 13.6. The van der Waals surface area contributed by atoms with Gasteiger partial charge < -0.3 is 15.0 Å². The molecule has 0 aliphatic heterocycles. The number of carbonyl (C=O) groups excluding carboxylic acids is 3. The van der Waals surface area contributed by atoms with E-state index < -0.39 is 23.6 Å². The summed E-state index contributed by atoms with van der Waals surface area (Å²) in [6.45, 7) is 0. The number of amides is 2. The number of esters is 1. The molecule has 0 bridgehead atoms. The Hall–Kier alpha value is -4.61. The largest absolute Gasteiger partial charge is 0.421 e. The number of halogens is 3. The molecule has 0 spiro atoms. The van der Waals surface area contributed by atoms with E-state index in [-0.39, 0.29) is 17.0 Å². The summed E-state index contributed by atoms with van der Waals surface area (Å²) < 4.78 is 20.2. The summed E-state index contributed by atoms with van der Waals surface area (Å²) in [6, 6.07) is 24.3. The Morgan fingerprint density at radius 1 is 0.884 bits per heavy atom. The normalized spacial score (nSPS) is 11.2. The summed E-state index contributed by atoms with van der Waals surface area (Å²) in [5, 5.41) is 6.70. The number of rotatable bonds is 9. The van der Waals surface area contributed by atoms with Gasteiger partial charge in [-0.1, -0.05) is 52.3 Å². The number of hydrogen-bond acceptors (Lipinski definition) is 6. The second-order valence-electron chi connectivity index (χ2n) is 9.27. The predicted molar refractivity (Wildman–Crippen MR) is 172 cm³/mol. The van der Waals surface area contributed by atoms with Crippen molar-refractivity contribution in [1.29, 1.82) is 0 Å². The summed E-state index contributed by atoms with van der Waals surface area (Å²) in [4.78, 5) is 40.8. The van der Waals surface area contributed by atoms with E-state index in [1.807, 2.05) is 43.3 Å². The van der Waals surface area contributed by atoms with Crippen LogP contribution in [0.5, 0.6) is 5.75 Å². The Morgan fingerprint density at radius 2 is 1.58 bits per heavy atom. The van der Waals surface area contributed by atoms with Crippen molar-refractivity contribution < 1.29 is 23.5 Å². The highest BCUT2D eigenvalue weighted by Gasteiger charge is 2.17. The van der Waals surface area contributed by atoms with Gasteiger partial charge >= 0.3 is 5.97 Å². The summed E-state index contributed by atoms with van der Waals surface area (Å²) >= 11 is 6.75. The monoisotopic (exact) mass is 706 g/mol. The maximum Gasteiger partial charge on any atom is 0.343 e. The van der Waals surface area contributed by atoms with Crippen LogP contribution in [-0.2, 0) is 4.79 Å². The molecule has 0 radical (unpaired) electrons. The fourth-order valence-corrected chi connectivity index (χ4v) is 5.09. The van der Waals surface area contributed by atoms with Crippen LogP contribution in [0, 0.1) is 5.82 Å². The van der Waals surface area contributed by atoms with Gasteiger partial charge in [-0.05, 0) is 82.2 Å². The quantitative estimate of drug-likeness (QED) is 0.0676. The van der Waals surface area contributed by atoms with Crippen LogP contribution in [0.2, 0.25) is 0 Å². The van der Waals surface area contributed by atoms with Gasteiger partial charge in [0.2, 0.25) is 0 Å². The highest BCUT2D eigenvalue weighted by molar-refractivity contribution is 9.11. The fourth-order valence-electron chi connectivity index (χ4n) is 3.75. The zero-order valence-corrected chi connectivity index (χ0v) is 26.1. The molecule has 4 rings (SSSR count). The van der Waals surface area contributed by atoms with Gasteiger partial charge in [-0.25, -0.2) is 14.6 Å². The predicted octanol–water partition coefficient (Wildman–Crippen LogP) is 6.56. The van der Waals surface area contributed by atoms with Crippen molar-refractivity contribution in [2.75, 3.05) is 19.0 Å². The lowest BCUT2D eigenvalue weighted by molar-refractivity contribution is -0.117. The first kappa shape index (κ1) is 31.3. The van der Waals surface area contributed by atoms with Crippen LogP contribution in [0.1, 0.15) is 31.8 Å². The van der Waals surface area contributed by atoms with E-state index in [9.17, 15) is 18.8 Å². The summed E-state index contributed by atoms with van der Waals surface area (Å²) in [5.41, 5.74) is 4.73. The molecule has 218 valence electrons. The number of nitrogens with one attached hydrogen (secondary N) is 2. The second kappa shape index (κ2) is 14.5. The Balaban J connectivity index is 1.58. The Bertz CT molecular complexity index is 1710. The molecule has 4 aromatic rings. The molecular formula is C32H25Br2FN4O4. The Kier molecular flexibility index (Phi) is 10.6. The molecule has 0 heterocycles. The molecule has 4 aromatic carbocycles. The van der Waals surface area contributed by atoms with Crippen LogP contribution in [0.3, 0.4) is 0 Å². The van der Waals surface area contributed by atoms with Crippen LogP contribution in [0.4, 0.5) is 10.1 Å². The highest BCUT2D eigenvalue weighted by Crippen LogP contribution is 2.32. The van der Waals surface area contributed by atoms with Crippen molar-refractivity contribution in [1.82, 2.24) is 10.7 Å². The first-order valence-electron chi connectivity index (χ1n) is 12.8. The third kappa shape index (κ3) is 8.69. The van der Waals surface area contributed by atoms with E-state index in [0.717, 1.165) is 11.8 Å². The van der Waals surface area contributed by atoms with Gasteiger partial charge in [0.05, 0.1) is 16.3 Å². The summed E-state index contributed by atoms with van der Waals surface area (Å²) in [7, 11) is 3.83. The summed E-state index contributed by atoms with van der Waals surface area (Å²) in [5.74, 6) is -2.42. The maximum absolute atomic E-state index is 13.6. The second-order valence-corrected chi connectivity index (χ2v) is 11.0. The minimum Gasteiger partial charge on any atom is -0.421 e. The molecule has 43 heavy (non-hydrogen) atoms. The van der Waals surface area contributed by atoms with E-state index in [2.05, 4.69) is 47.7 Å². The van der Waals surface area contributed by atoms with Crippen LogP contribution in [0.15, 0.2) is 111 Å². The van der Waals surface area contributed by atoms with Gasteiger partial charge in [0.25, 0.3) is 11.8 Å². The number of benzene rings is 4. The van der Waals surface area contributed by atoms with Gasteiger partial charge in [0, 0.05) is 35.4 Å². The van der Waals surface area contributed by atoms with Crippen molar-refractivity contribution in [2.24, 2.45) is 5.10 Å². The average Bonchev–Trinajstić information content (AvgIpc) is 2.99. The summed E-state index contributed by atoms with van der Waals surface area (Å²) in [6.07, 6.45) is 2.82. The zero-order chi connectivity index (χ0) is 30.9. The van der Waals surface area contributed by atoms with Crippen LogP contribution in [0.25, 0.3) is 6.08 Å². The number of hydrogen-bond donors (Lipinski definition) is 2. The van der Waals surface area contributed by atoms with Crippen molar-refractivity contribution in [3.8, 4) is 5.75 Å². The molecule has 2 N–H and O–H groups in total. The van der Waals surface area contributed by atoms with Crippen LogP contribution in [-0.4, -0.2) is 38.1 Å². The van der Waals surface area contributed by atoms with Gasteiger partial charge in [-0.2, -0.15) is 5.10 Å². The average molecular weight is 708 g/mol. The lowest BCUT2D eigenvalue weighted by Crippen LogP contribution is -2.32. The molecule has 0 aliphatic rings. The topological polar surface area (TPSA) is 100 Å². The van der Waals surface area contributed by atoms with E-state index in [1.54, 1.807) is 42.5 Å². The minimum absolute atomic E-state index is 0.0218. The number of hydrazone groups is 1. The zero-order valence-electron chi connectivity index (χ0n) is 23.0. The minimum atomic E-state index is -0.782. The number of nitrogens with zero attached hydrogens (tertiary/aromatic N) is 2. The molecule has 0 atom stereocenters. The molecular weight excluding hydrogens is 683 g/mol. The lowest BCUT2D eigenvalue weighted by atomic mass is 10.1. The van der Waals surface area contributed by atoms with Gasteiger partial charge in [-0.15, -0.1) is 0 Å². The molecule has 0 aliphatic carbocycles. The molecule has 8 nitrogen and oxygen atoms in total. The van der Waals surface area contributed by atoms with Crippen molar-refractivity contribution in [3.05, 3.63) is 134 Å². The Labute approximate surface area is 264 Å². The van der Waals surface area contributed by atoms with Gasteiger partial charge in [-0.3, -0.25) is 9.59 Å². The number of anilines is 1. The molecule has 0 aromatic heterocycles. The Morgan fingerprint density at radius 3 is 2.26 bits per heavy atom. The third-order valence-corrected chi connectivity index (χ3v) is 6.96. The van der Waals surface area contributed by atoms with Gasteiger partial charge in [0.1, 0.15) is 11.5 Å². The highest BCUT2D eigenvalue weighted by atomic mass is 79.9. The smallest absolute Gasteiger partial charge is 0.343 e.